The lowest BCUT2D eigenvalue weighted by Gasteiger charge is -2.20. The predicted octanol–water partition coefficient (Wildman–Crippen LogP) is 8.79. The van der Waals surface area contributed by atoms with E-state index in [1.807, 2.05) is 31.8 Å². The summed E-state index contributed by atoms with van der Waals surface area (Å²) in [6.07, 6.45) is 14.0. The minimum atomic E-state index is 0.624. The maximum absolute atomic E-state index is 5.91. The molecular formula is C25H38IN2PS. The number of nitrogens with zero attached hydrogens (tertiary/aromatic N) is 1. The molecule has 1 aromatic carbocycles. The Morgan fingerprint density at radius 2 is 2.03 bits per heavy atom. The van der Waals surface area contributed by atoms with Gasteiger partial charge in [0.2, 0.25) is 0 Å². The fraction of sp³-hybridized carbons (Fsp3) is 0.480. The highest BCUT2D eigenvalue weighted by atomic mass is 127. The van der Waals surface area contributed by atoms with Crippen molar-refractivity contribution in [2.75, 3.05) is 11.9 Å². The number of halogens is 1. The number of aliphatic imine (C=N–C) groups is 1. The van der Waals surface area contributed by atoms with Crippen molar-refractivity contribution in [3.05, 3.63) is 58.2 Å². The second-order valence-electron chi connectivity index (χ2n) is 6.96. The van der Waals surface area contributed by atoms with Crippen LogP contribution in [-0.2, 0) is 6.42 Å². The van der Waals surface area contributed by atoms with Crippen LogP contribution in [0.4, 0.5) is 5.69 Å². The van der Waals surface area contributed by atoms with Gasteiger partial charge in [0, 0.05) is 29.6 Å². The summed E-state index contributed by atoms with van der Waals surface area (Å²) in [5.41, 5.74) is 12.9. The molecule has 0 spiro atoms. The molecule has 0 saturated heterocycles. The molecule has 2 nitrogen and oxygen atoms in total. The van der Waals surface area contributed by atoms with Crippen LogP contribution in [-0.4, -0.2) is 18.1 Å². The number of allylic oxidation sites excluding steroid dienone is 2. The first kappa shape index (κ1) is 27.5. The van der Waals surface area contributed by atoms with Crippen LogP contribution in [0.2, 0.25) is 0 Å². The lowest BCUT2D eigenvalue weighted by molar-refractivity contribution is 0.636. The molecule has 3 rings (SSSR count). The van der Waals surface area contributed by atoms with E-state index in [4.69, 9.17) is 10.7 Å². The molecule has 0 fully saturated rings. The zero-order valence-electron chi connectivity index (χ0n) is 19.0. The molecule has 2 aliphatic heterocycles. The van der Waals surface area contributed by atoms with E-state index in [9.17, 15) is 0 Å². The lowest BCUT2D eigenvalue weighted by Crippen LogP contribution is -2.03. The number of nitrogens with two attached hydrogens (primary N) is 1. The highest BCUT2D eigenvalue weighted by Crippen LogP contribution is 2.38. The Kier molecular flexibility index (Phi) is 14.7. The van der Waals surface area contributed by atoms with E-state index >= 15 is 0 Å². The largest absolute Gasteiger partial charge is 0.399 e. The third kappa shape index (κ3) is 8.51. The Morgan fingerprint density at radius 1 is 1.30 bits per heavy atom. The Hall–Kier alpha value is -0.580. The zero-order valence-corrected chi connectivity index (χ0v) is 23.0. The number of hydrogen-bond donors (Lipinski definition) is 1. The predicted molar refractivity (Wildman–Crippen MR) is 152 cm³/mol. The van der Waals surface area contributed by atoms with Gasteiger partial charge in [0.1, 0.15) is 0 Å². The molecule has 1 unspecified atom stereocenters. The van der Waals surface area contributed by atoms with Crippen LogP contribution in [0.15, 0.2) is 46.5 Å². The van der Waals surface area contributed by atoms with E-state index in [2.05, 4.69) is 72.2 Å². The van der Waals surface area contributed by atoms with E-state index in [0.29, 0.717) is 11.6 Å². The van der Waals surface area contributed by atoms with E-state index in [1.165, 1.54) is 47.9 Å². The van der Waals surface area contributed by atoms with Gasteiger partial charge in [-0.05, 0) is 65.9 Å². The molecular weight excluding hydrogens is 518 g/mol. The van der Waals surface area contributed by atoms with Crippen molar-refractivity contribution in [3.8, 4) is 0 Å². The van der Waals surface area contributed by atoms with Gasteiger partial charge in [-0.3, -0.25) is 4.99 Å². The number of thioether (sulfide) groups is 1. The molecule has 2 N–H and O–H groups in total. The molecule has 1 aromatic rings. The van der Waals surface area contributed by atoms with Crippen molar-refractivity contribution in [1.82, 2.24) is 0 Å². The van der Waals surface area contributed by atoms with Gasteiger partial charge in [-0.15, -0.1) is 11.8 Å². The second-order valence-corrected chi connectivity index (χ2v) is 11.0. The average molecular weight is 557 g/mol. The van der Waals surface area contributed by atoms with Gasteiger partial charge < -0.3 is 5.73 Å². The van der Waals surface area contributed by atoms with Crippen LogP contribution in [0, 0.1) is 0 Å². The first-order valence-electron chi connectivity index (χ1n) is 11.1. The van der Waals surface area contributed by atoms with Crippen molar-refractivity contribution >= 4 is 58.0 Å². The van der Waals surface area contributed by atoms with Crippen LogP contribution >= 0.6 is 40.0 Å². The Bertz CT molecular complexity index is 746. The molecule has 2 aliphatic rings. The van der Waals surface area contributed by atoms with E-state index in [0.717, 1.165) is 30.3 Å². The maximum Gasteiger partial charge on any atom is 0.0733 e. The number of fused-ring (bicyclic) bond motifs is 1. The summed E-state index contributed by atoms with van der Waals surface area (Å²) in [6.45, 7) is 12.4. The number of hydrogen-bond acceptors (Lipinski definition) is 3. The van der Waals surface area contributed by atoms with Crippen LogP contribution < -0.4 is 5.73 Å². The summed E-state index contributed by atoms with van der Waals surface area (Å²) in [5, 5.41) is 2.15. The molecule has 166 valence electrons. The Balaban J connectivity index is 0.000000550. The maximum atomic E-state index is 5.91. The van der Waals surface area contributed by atoms with Gasteiger partial charge in [-0.2, -0.15) is 0 Å². The van der Waals surface area contributed by atoms with Gasteiger partial charge >= 0.3 is 0 Å². The summed E-state index contributed by atoms with van der Waals surface area (Å²) < 4.78 is 0. The van der Waals surface area contributed by atoms with Gasteiger partial charge in [-0.25, -0.2) is 0 Å². The van der Waals surface area contributed by atoms with Crippen molar-refractivity contribution in [2.24, 2.45) is 10.7 Å². The van der Waals surface area contributed by atoms with Crippen molar-refractivity contribution in [3.63, 3.8) is 0 Å². The molecule has 5 heteroatoms. The van der Waals surface area contributed by atoms with E-state index < -0.39 is 0 Å². The molecule has 0 aliphatic carbocycles. The molecule has 1 atom stereocenters. The third-order valence-electron chi connectivity index (χ3n) is 5.11. The third-order valence-corrected chi connectivity index (χ3v) is 8.03. The fourth-order valence-electron chi connectivity index (χ4n) is 3.53. The molecule has 0 bridgehead atoms. The average Bonchev–Trinajstić information content (AvgIpc) is 3.28. The van der Waals surface area contributed by atoms with Crippen LogP contribution in [0.1, 0.15) is 76.0 Å². The summed E-state index contributed by atoms with van der Waals surface area (Å²) in [7, 11) is 0. The molecule has 2 heterocycles. The minimum absolute atomic E-state index is 0.624. The normalized spacial score (nSPS) is 14.5. The van der Waals surface area contributed by atoms with Crippen molar-refractivity contribution < 1.29 is 0 Å². The highest BCUT2D eigenvalue weighted by Gasteiger charge is 2.18. The van der Waals surface area contributed by atoms with Gasteiger partial charge in [0.25, 0.3) is 0 Å². The summed E-state index contributed by atoms with van der Waals surface area (Å²) in [5.74, 6) is 1.93. The smallest absolute Gasteiger partial charge is 0.0733 e. The number of benzene rings is 1. The lowest BCUT2D eigenvalue weighted by atomic mass is 9.86. The van der Waals surface area contributed by atoms with Crippen molar-refractivity contribution in [1.29, 1.82) is 0 Å². The topological polar surface area (TPSA) is 38.4 Å². The fourth-order valence-corrected chi connectivity index (χ4v) is 5.36. The van der Waals surface area contributed by atoms with Gasteiger partial charge in [0.15, 0.2) is 0 Å². The standard InChI is InChI=1S/C19H26IN2P.C4H6S.C2H6/c1-4-14(5-2)17-7-6-16-12-15(13(3)21)8-10-22-19(16)18(17)9-11-23-20;1-2-4-5-3-1;1-2/h6-7,10,12,14,23H,3-5,8-9,11,21H2,1-2H3;1,3H,2,4H2;1-2H3. The quantitative estimate of drug-likeness (QED) is 0.269. The summed E-state index contributed by atoms with van der Waals surface area (Å²) >= 11 is 4.38. The van der Waals surface area contributed by atoms with Crippen LogP contribution in [0.3, 0.4) is 0 Å². The second kappa shape index (κ2) is 16.1. The molecule has 0 radical (unpaired) electrons. The SMILES string of the molecule is C1=CSCC1.C=C(N)C1=Cc2ccc(C(CC)CC)c(CCPI)c2N=CC1.CC. The Morgan fingerprint density at radius 3 is 2.53 bits per heavy atom. The summed E-state index contributed by atoms with van der Waals surface area (Å²) in [6, 6.07) is 4.53. The monoisotopic (exact) mass is 556 g/mol. The highest BCUT2D eigenvalue weighted by molar-refractivity contribution is 14.2. The molecule has 0 amide bonds. The van der Waals surface area contributed by atoms with E-state index in [1.54, 1.807) is 0 Å². The van der Waals surface area contributed by atoms with Crippen molar-refractivity contribution in [2.45, 2.75) is 65.7 Å². The first-order chi connectivity index (χ1) is 14.6. The molecule has 30 heavy (non-hydrogen) atoms. The zero-order chi connectivity index (χ0) is 22.4. The number of rotatable bonds is 7. The van der Waals surface area contributed by atoms with Crippen LogP contribution in [0.5, 0.6) is 0 Å². The van der Waals surface area contributed by atoms with Gasteiger partial charge in [-0.1, -0.05) is 80.7 Å². The minimum Gasteiger partial charge on any atom is -0.399 e. The van der Waals surface area contributed by atoms with Crippen LogP contribution in [0.25, 0.3) is 6.08 Å². The molecule has 0 saturated carbocycles. The Labute approximate surface area is 203 Å². The first-order valence-corrected chi connectivity index (χ1v) is 16.4. The molecule has 0 aromatic heterocycles. The van der Waals surface area contributed by atoms with Gasteiger partial charge in [0.05, 0.1) is 5.69 Å². The summed E-state index contributed by atoms with van der Waals surface area (Å²) in [4.78, 5) is 4.81. The van der Waals surface area contributed by atoms with E-state index in [-0.39, 0.29) is 0 Å².